The second kappa shape index (κ2) is 8.09. The van der Waals surface area contributed by atoms with Crippen molar-refractivity contribution in [3.63, 3.8) is 0 Å². The van der Waals surface area contributed by atoms with E-state index in [1.54, 1.807) is 6.92 Å². The summed E-state index contributed by atoms with van der Waals surface area (Å²) >= 11 is 0. The summed E-state index contributed by atoms with van der Waals surface area (Å²) in [5.41, 5.74) is -0.400. The van der Waals surface area contributed by atoms with Crippen LogP contribution in [0, 0.1) is 5.92 Å². The zero-order valence-corrected chi connectivity index (χ0v) is 17.7. The Bertz CT molecular complexity index is 1010. The number of carbonyl (C=O) groups excluding carboxylic acids is 1. The van der Waals surface area contributed by atoms with E-state index in [1.807, 2.05) is 11.8 Å². The Labute approximate surface area is 181 Å². The van der Waals surface area contributed by atoms with Crippen LogP contribution in [0.4, 0.5) is 27.6 Å². The first-order chi connectivity index (χ1) is 14.9. The summed E-state index contributed by atoms with van der Waals surface area (Å²) in [4.78, 5) is 24.0. The number of likely N-dealkylation sites (tertiary alicyclic amines) is 1. The second-order valence-corrected chi connectivity index (χ2v) is 8.77. The number of alkyl halides is 5. The molecule has 1 N–H and O–H groups in total. The number of anilines is 1. The summed E-state index contributed by atoms with van der Waals surface area (Å²) in [6, 6.07) is 1.44. The molecule has 3 heterocycles. The molecule has 1 amide bonds. The highest BCUT2D eigenvalue weighted by molar-refractivity contribution is 5.91. The van der Waals surface area contributed by atoms with E-state index in [9.17, 15) is 26.7 Å². The van der Waals surface area contributed by atoms with Gasteiger partial charge in [-0.1, -0.05) is 6.92 Å². The highest BCUT2D eigenvalue weighted by atomic mass is 19.4. The van der Waals surface area contributed by atoms with E-state index in [2.05, 4.69) is 15.3 Å². The molecule has 2 saturated heterocycles. The number of piperidine rings is 1. The number of amides is 1. The molecule has 0 aliphatic carbocycles. The van der Waals surface area contributed by atoms with Crippen LogP contribution in [0.5, 0.6) is 0 Å². The first-order valence-electron chi connectivity index (χ1n) is 10.4. The van der Waals surface area contributed by atoms with E-state index in [4.69, 9.17) is 0 Å². The van der Waals surface area contributed by atoms with Gasteiger partial charge in [-0.05, 0) is 31.4 Å². The van der Waals surface area contributed by atoms with Gasteiger partial charge in [0.15, 0.2) is 0 Å². The van der Waals surface area contributed by atoms with Crippen molar-refractivity contribution >= 4 is 22.6 Å². The van der Waals surface area contributed by atoms with Crippen molar-refractivity contribution in [3.05, 3.63) is 30.1 Å². The van der Waals surface area contributed by atoms with E-state index in [1.165, 1.54) is 23.4 Å². The average molecular weight is 457 g/mol. The molecule has 32 heavy (non-hydrogen) atoms. The normalized spacial score (nSPS) is 24.8. The van der Waals surface area contributed by atoms with Gasteiger partial charge in [0.25, 0.3) is 5.92 Å². The minimum absolute atomic E-state index is 0.145. The molecule has 4 rings (SSSR count). The Kier molecular flexibility index (Phi) is 5.72. The SMILES string of the molecule is CC(C(=O)N[C@@H]1C[C@H](C)CN(c2ccc(C(F)(F)F)c3nccnc23)C1)N1CC(F)(F)C1. The van der Waals surface area contributed by atoms with E-state index in [-0.39, 0.29) is 28.9 Å². The summed E-state index contributed by atoms with van der Waals surface area (Å²) in [5, 5.41) is 2.93. The zero-order valence-electron chi connectivity index (χ0n) is 17.7. The third-order valence-electron chi connectivity index (χ3n) is 6.05. The molecule has 11 heteroatoms. The Morgan fingerprint density at radius 3 is 2.44 bits per heavy atom. The van der Waals surface area contributed by atoms with Crippen LogP contribution in [0.2, 0.25) is 0 Å². The number of aromatic nitrogens is 2. The van der Waals surface area contributed by atoms with Gasteiger partial charge in [-0.25, -0.2) is 8.78 Å². The van der Waals surface area contributed by atoms with Gasteiger partial charge in [-0.15, -0.1) is 0 Å². The van der Waals surface area contributed by atoms with Gasteiger partial charge in [0.2, 0.25) is 5.91 Å². The maximum absolute atomic E-state index is 13.4. The molecule has 2 aromatic rings. The van der Waals surface area contributed by atoms with Crippen molar-refractivity contribution in [3.8, 4) is 0 Å². The molecule has 1 unspecified atom stereocenters. The number of benzene rings is 1. The summed E-state index contributed by atoms with van der Waals surface area (Å²) < 4.78 is 66.5. The average Bonchev–Trinajstić information content (AvgIpc) is 2.69. The standard InChI is InChI=1S/C21H24F5N5O/c1-12-7-14(29-19(32)13(2)31-10-20(22,23)11-31)9-30(8-12)16-4-3-15(21(24,25)26)17-18(16)28-6-5-27-17/h3-6,12-14H,7-11H2,1-2H3,(H,29,32)/t12-,13?,14+/m0/s1. The number of nitrogens with zero attached hydrogens (tertiary/aromatic N) is 4. The molecule has 2 fully saturated rings. The molecule has 2 aliphatic heterocycles. The molecule has 2 aliphatic rings. The van der Waals surface area contributed by atoms with Crippen molar-refractivity contribution in [1.82, 2.24) is 20.2 Å². The summed E-state index contributed by atoms with van der Waals surface area (Å²) in [7, 11) is 0. The lowest BCUT2D eigenvalue weighted by molar-refractivity contribution is -0.156. The fourth-order valence-electron chi connectivity index (χ4n) is 4.49. The van der Waals surface area contributed by atoms with Gasteiger partial charge in [0.05, 0.1) is 30.4 Å². The molecule has 174 valence electrons. The number of nitrogens with one attached hydrogen (secondary N) is 1. The second-order valence-electron chi connectivity index (χ2n) is 8.77. The maximum atomic E-state index is 13.4. The summed E-state index contributed by atoms with van der Waals surface area (Å²) in [5.74, 6) is -2.95. The van der Waals surface area contributed by atoms with Crippen molar-refractivity contribution in [2.45, 2.75) is 44.5 Å². The minimum atomic E-state index is -4.55. The lowest BCUT2D eigenvalue weighted by Gasteiger charge is -2.43. The van der Waals surface area contributed by atoms with Crippen LogP contribution in [0.1, 0.15) is 25.8 Å². The molecule has 0 spiro atoms. The minimum Gasteiger partial charge on any atom is -0.367 e. The van der Waals surface area contributed by atoms with Gasteiger partial charge >= 0.3 is 6.18 Å². The molecule has 6 nitrogen and oxygen atoms in total. The number of rotatable bonds is 4. The van der Waals surface area contributed by atoms with E-state index < -0.39 is 36.8 Å². The van der Waals surface area contributed by atoms with Gasteiger partial charge in [-0.3, -0.25) is 19.7 Å². The van der Waals surface area contributed by atoms with Crippen molar-refractivity contribution < 1.29 is 26.7 Å². The van der Waals surface area contributed by atoms with E-state index >= 15 is 0 Å². The van der Waals surface area contributed by atoms with Gasteiger partial charge < -0.3 is 10.2 Å². The number of fused-ring (bicyclic) bond motifs is 1. The third kappa shape index (κ3) is 4.48. The van der Waals surface area contributed by atoms with Crippen LogP contribution in [0.3, 0.4) is 0 Å². The fourth-order valence-corrected chi connectivity index (χ4v) is 4.49. The quantitative estimate of drug-likeness (QED) is 0.714. The Morgan fingerprint density at radius 1 is 1.16 bits per heavy atom. The van der Waals surface area contributed by atoms with Crippen LogP contribution >= 0.6 is 0 Å². The summed E-state index contributed by atoms with van der Waals surface area (Å²) in [6.07, 6.45) is -1.30. The first kappa shape index (κ1) is 22.6. The number of hydrogen-bond donors (Lipinski definition) is 1. The van der Waals surface area contributed by atoms with Gasteiger partial charge in [-0.2, -0.15) is 13.2 Å². The van der Waals surface area contributed by atoms with E-state index in [0.717, 1.165) is 6.07 Å². The molecule has 3 atom stereocenters. The largest absolute Gasteiger partial charge is 0.418 e. The summed E-state index contributed by atoms with van der Waals surface area (Å²) in [6.45, 7) is 3.65. The number of halogens is 5. The predicted molar refractivity (Wildman–Crippen MR) is 108 cm³/mol. The number of carbonyl (C=O) groups is 1. The van der Waals surface area contributed by atoms with Crippen molar-refractivity contribution in [1.29, 1.82) is 0 Å². The molecular weight excluding hydrogens is 433 g/mol. The Hall–Kier alpha value is -2.56. The predicted octanol–water partition coefficient (Wildman–Crippen LogP) is 3.32. The topological polar surface area (TPSA) is 61.4 Å². The molecule has 1 aromatic carbocycles. The highest BCUT2D eigenvalue weighted by Gasteiger charge is 2.47. The van der Waals surface area contributed by atoms with Crippen molar-refractivity contribution in [2.75, 3.05) is 31.1 Å². The van der Waals surface area contributed by atoms with Crippen LogP contribution in [0.25, 0.3) is 11.0 Å². The fraction of sp³-hybridized carbons (Fsp3) is 0.571. The Morgan fingerprint density at radius 2 is 1.81 bits per heavy atom. The zero-order chi connectivity index (χ0) is 23.3. The smallest absolute Gasteiger partial charge is 0.367 e. The molecular formula is C21H24F5N5O. The third-order valence-corrected chi connectivity index (χ3v) is 6.05. The van der Waals surface area contributed by atoms with Crippen LogP contribution in [-0.4, -0.2) is 65.0 Å². The highest BCUT2D eigenvalue weighted by Crippen LogP contribution is 2.37. The van der Waals surface area contributed by atoms with E-state index in [0.29, 0.717) is 25.2 Å². The van der Waals surface area contributed by atoms with Gasteiger partial charge in [0, 0.05) is 31.5 Å². The molecule has 0 bridgehead atoms. The molecule has 1 aromatic heterocycles. The van der Waals surface area contributed by atoms with Crippen LogP contribution in [0.15, 0.2) is 24.5 Å². The lowest BCUT2D eigenvalue weighted by Crippen LogP contribution is -2.63. The molecule has 0 saturated carbocycles. The lowest BCUT2D eigenvalue weighted by atomic mass is 9.94. The molecule has 0 radical (unpaired) electrons. The van der Waals surface area contributed by atoms with Crippen molar-refractivity contribution in [2.24, 2.45) is 5.92 Å². The first-order valence-corrected chi connectivity index (χ1v) is 10.4. The number of hydrogen-bond acceptors (Lipinski definition) is 5. The van der Waals surface area contributed by atoms with Crippen LogP contribution in [-0.2, 0) is 11.0 Å². The maximum Gasteiger partial charge on any atom is 0.418 e. The monoisotopic (exact) mass is 457 g/mol. The van der Waals surface area contributed by atoms with Crippen LogP contribution < -0.4 is 10.2 Å². The Balaban J connectivity index is 1.53. The van der Waals surface area contributed by atoms with Gasteiger partial charge in [0.1, 0.15) is 11.0 Å².